The lowest BCUT2D eigenvalue weighted by Crippen LogP contribution is -2.10. The molecule has 94 valence electrons. The van der Waals surface area contributed by atoms with Crippen molar-refractivity contribution in [3.8, 4) is 5.75 Å². The lowest BCUT2D eigenvalue weighted by Gasteiger charge is -2.14. The van der Waals surface area contributed by atoms with E-state index in [0.717, 1.165) is 6.20 Å². The van der Waals surface area contributed by atoms with Crippen molar-refractivity contribution >= 4 is 17.6 Å². The molecule has 1 N–H and O–H groups in total. The van der Waals surface area contributed by atoms with Crippen molar-refractivity contribution in [2.24, 2.45) is 0 Å². The molecule has 0 radical (unpaired) electrons. The SMILES string of the molecule is COc1cnc(CCl)c(CC(=O)O)c1C(F)F. The van der Waals surface area contributed by atoms with Crippen molar-refractivity contribution in [3.63, 3.8) is 0 Å². The Kier molecular flexibility index (Phi) is 4.62. The normalized spacial score (nSPS) is 10.6. The van der Waals surface area contributed by atoms with Crippen LogP contribution in [0.5, 0.6) is 5.75 Å². The highest BCUT2D eigenvalue weighted by Crippen LogP contribution is 2.33. The van der Waals surface area contributed by atoms with Crippen LogP contribution in [0.15, 0.2) is 6.20 Å². The molecule has 4 nitrogen and oxygen atoms in total. The van der Waals surface area contributed by atoms with Gasteiger partial charge >= 0.3 is 5.97 Å². The summed E-state index contributed by atoms with van der Waals surface area (Å²) in [6.07, 6.45) is -2.29. The Labute approximate surface area is 101 Å². The maximum atomic E-state index is 12.9. The van der Waals surface area contributed by atoms with Crippen molar-refractivity contribution in [3.05, 3.63) is 23.0 Å². The molecule has 0 aliphatic heterocycles. The van der Waals surface area contributed by atoms with Crippen LogP contribution in [0.3, 0.4) is 0 Å². The van der Waals surface area contributed by atoms with E-state index < -0.39 is 24.4 Å². The van der Waals surface area contributed by atoms with Gasteiger partial charge in [0, 0.05) is 0 Å². The van der Waals surface area contributed by atoms with Gasteiger partial charge in [-0.1, -0.05) is 0 Å². The molecule has 1 heterocycles. The van der Waals surface area contributed by atoms with Crippen LogP contribution in [0.1, 0.15) is 23.2 Å². The van der Waals surface area contributed by atoms with Gasteiger partial charge in [-0.25, -0.2) is 8.78 Å². The number of hydrogen-bond acceptors (Lipinski definition) is 3. The Bertz CT molecular complexity index is 426. The Morgan fingerprint density at radius 1 is 1.65 bits per heavy atom. The third kappa shape index (κ3) is 3.03. The summed E-state index contributed by atoms with van der Waals surface area (Å²) in [5.74, 6) is -1.50. The number of methoxy groups -OCH3 is 1. The Hall–Kier alpha value is -1.43. The van der Waals surface area contributed by atoms with E-state index in [1.165, 1.54) is 7.11 Å². The van der Waals surface area contributed by atoms with E-state index in [4.69, 9.17) is 21.4 Å². The molecule has 0 unspecified atom stereocenters. The molecule has 17 heavy (non-hydrogen) atoms. The zero-order valence-electron chi connectivity index (χ0n) is 8.91. The molecule has 0 bridgehead atoms. The fraction of sp³-hybridized carbons (Fsp3) is 0.400. The van der Waals surface area contributed by atoms with E-state index >= 15 is 0 Å². The van der Waals surface area contributed by atoms with Gasteiger partial charge in [-0.15, -0.1) is 11.6 Å². The number of pyridine rings is 1. The molecule has 0 saturated carbocycles. The van der Waals surface area contributed by atoms with Crippen LogP contribution in [0.2, 0.25) is 0 Å². The van der Waals surface area contributed by atoms with E-state index in [1.807, 2.05) is 0 Å². The number of aliphatic carboxylic acids is 1. The third-order valence-electron chi connectivity index (χ3n) is 2.17. The monoisotopic (exact) mass is 265 g/mol. The molecule has 0 aliphatic rings. The Morgan fingerprint density at radius 3 is 2.71 bits per heavy atom. The van der Waals surface area contributed by atoms with Crippen LogP contribution in [0.4, 0.5) is 8.78 Å². The zero-order valence-corrected chi connectivity index (χ0v) is 9.67. The molecular formula is C10H10ClF2NO3. The molecule has 1 aromatic rings. The summed E-state index contributed by atoms with van der Waals surface area (Å²) in [6, 6.07) is 0. The number of carbonyl (C=O) groups is 1. The van der Waals surface area contributed by atoms with Crippen molar-refractivity contribution in [2.75, 3.05) is 7.11 Å². The van der Waals surface area contributed by atoms with Crippen LogP contribution in [0.25, 0.3) is 0 Å². The largest absolute Gasteiger partial charge is 0.495 e. The van der Waals surface area contributed by atoms with E-state index in [2.05, 4.69) is 4.98 Å². The van der Waals surface area contributed by atoms with Gasteiger partial charge in [-0.05, 0) is 5.56 Å². The van der Waals surface area contributed by atoms with E-state index in [9.17, 15) is 13.6 Å². The standard InChI is InChI=1S/C10H10ClF2NO3/c1-17-7-4-14-6(3-11)5(2-8(15)16)9(7)10(12)13/h4,10H,2-3H2,1H3,(H,15,16). The Morgan fingerprint density at radius 2 is 2.29 bits per heavy atom. The topological polar surface area (TPSA) is 59.4 Å². The van der Waals surface area contributed by atoms with Gasteiger partial charge < -0.3 is 9.84 Å². The minimum Gasteiger partial charge on any atom is -0.495 e. The molecular weight excluding hydrogens is 256 g/mol. The molecule has 1 aromatic heterocycles. The molecule has 0 saturated heterocycles. The van der Waals surface area contributed by atoms with Gasteiger partial charge in [0.15, 0.2) is 0 Å². The number of alkyl halides is 3. The molecule has 0 aliphatic carbocycles. The summed E-state index contributed by atoms with van der Waals surface area (Å²) in [5, 5.41) is 8.70. The zero-order chi connectivity index (χ0) is 13.0. The maximum absolute atomic E-state index is 12.9. The summed E-state index contributed by atoms with van der Waals surface area (Å²) in [7, 11) is 1.22. The molecule has 0 spiro atoms. The van der Waals surface area contributed by atoms with Crippen molar-refractivity contribution in [1.82, 2.24) is 4.98 Å². The predicted octanol–water partition coefficient (Wildman–Crippen LogP) is 2.39. The average Bonchev–Trinajstić information content (AvgIpc) is 2.27. The molecule has 0 fully saturated rings. The van der Waals surface area contributed by atoms with Gasteiger partial charge in [0.05, 0.1) is 36.9 Å². The third-order valence-corrected chi connectivity index (χ3v) is 2.42. The summed E-state index contributed by atoms with van der Waals surface area (Å²) in [6.45, 7) is 0. The first-order valence-corrected chi connectivity index (χ1v) is 5.15. The number of rotatable bonds is 5. The van der Waals surface area contributed by atoms with E-state index in [0.29, 0.717) is 0 Å². The quantitative estimate of drug-likeness (QED) is 0.831. The van der Waals surface area contributed by atoms with Gasteiger partial charge in [0.2, 0.25) is 0 Å². The maximum Gasteiger partial charge on any atom is 0.307 e. The van der Waals surface area contributed by atoms with Gasteiger partial charge in [0.1, 0.15) is 5.75 Å². The van der Waals surface area contributed by atoms with Gasteiger partial charge in [0.25, 0.3) is 6.43 Å². The highest BCUT2D eigenvalue weighted by Gasteiger charge is 2.23. The van der Waals surface area contributed by atoms with Crippen molar-refractivity contribution in [1.29, 1.82) is 0 Å². The summed E-state index contributed by atoms with van der Waals surface area (Å²) < 4.78 is 30.5. The van der Waals surface area contributed by atoms with Crippen LogP contribution in [-0.4, -0.2) is 23.2 Å². The number of nitrogens with zero attached hydrogens (tertiary/aromatic N) is 1. The highest BCUT2D eigenvalue weighted by molar-refractivity contribution is 6.17. The predicted molar refractivity (Wildman–Crippen MR) is 56.6 cm³/mol. The minimum absolute atomic E-state index is 0.0816. The van der Waals surface area contributed by atoms with Crippen LogP contribution in [-0.2, 0) is 17.1 Å². The molecule has 7 heteroatoms. The number of aromatic nitrogens is 1. The van der Waals surface area contributed by atoms with Gasteiger partial charge in [-0.3, -0.25) is 9.78 Å². The fourth-order valence-corrected chi connectivity index (χ4v) is 1.68. The Balaban J connectivity index is 3.40. The number of carboxylic acid groups (broad SMARTS) is 1. The van der Waals surface area contributed by atoms with Crippen molar-refractivity contribution in [2.45, 2.75) is 18.7 Å². The smallest absolute Gasteiger partial charge is 0.307 e. The second-order valence-corrected chi connectivity index (χ2v) is 3.44. The summed E-state index contributed by atoms with van der Waals surface area (Å²) in [4.78, 5) is 14.5. The first-order valence-electron chi connectivity index (χ1n) is 4.61. The number of hydrogen-bond donors (Lipinski definition) is 1. The fourth-order valence-electron chi connectivity index (χ4n) is 1.45. The molecule has 0 atom stereocenters. The van der Waals surface area contributed by atoms with E-state index in [1.54, 1.807) is 0 Å². The summed E-state index contributed by atoms with van der Waals surface area (Å²) >= 11 is 5.55. The molecule has 0 amide bonds. The molecule has 0 aromatic carbocycles. The number of carboxylic acids is 1. The van der Waals surface area contributed by atoms with Crippen LogP contribution < -0.4 is 4.74 Å². The second kappa shape index (κ2) is 5.77. The lowest BCUT2D eigenvalue weighted by atomic mass is 10.0. The van der Waals surface area contributed by atoms with Crippen LogP contribution >= 0.6 is 11.6 Å². The molecule has 1 rings (SSSR count). The minimum atomic E-state index is -2.84. The first kappa shape index (κ1) is 13.6. The lowest BCUT2D eigenvalue weighted by molar-refractivity contribution is -0.136. The van der Waals surface area contributed by atoms with Crippen LogP contribution in [0, 0.1) is 0 Å². The van der Waals surface area contributed by atoms with Crippen molar-refractivity contribution < 1.29 is 23.4 Å². The van der Waals surface area contributed by atoms with E-state index in [-0.39, 0.29) is 22.9 Å². The second-order valence-electron chi connectivity index (χ2n) is 3.17. The number of ether oxygens (including phenoxy) is 1. The summed E-state index contributed by atoms with van der Waals surface area (Å²) in [5.41, 5.74) is -0.410. The number of halogens is 3. The highest BCUT2D eigenvalue weighted by atomic mass is 35.5. The first-order chi connectivity index (χ1) is 8.01. The van der Waals surface area contributed by atoms with Gasteiger partial charge in [-0.2, -0.15) is 0 Å². The average molecular weight is 266 g/mol.